The molecule has 0 aromatic rings. The molecule has 2 aliphatic rings. The second-order valence-corrected chi connectivity index (χ2v) is 6.08. The topological polar surface area (TPSA) is 70.0 Å². The third-order valence-electron chi connectivity index (χ3n) is 3.54. The molecule has 1 saturated heterocycles. The molecule has 98 valence electrons. The van der Waals surface area contributed by atoms with Gasteiger partial charge in [-0.15, -0.1) is 0 Å². The minimum Gasteiger partial charge on any atom is -0.444 e. The Kier molecular flexibility index (Phi) is 2.86. The number of ether oxygens (including phenoxy) is 1. The Morgan fingerprint density at radius 3 is 2.65 bits per heavy atom. The van der Waals surface area contributed by atoms with Crippen LogP contribution in [0.1, 0.15) is 40.0 Å². The highest BCUT2D eigenvalue weighted by molar-refractivity contribution is 5.69. The normalized spacial score (nSPS) is 37.1. The van der Waals surface area contributed by atoms with Gasteiger partial charge >= 0.3 is 6.09 Å². The largest absolute Gasteiger partial charge is 0.444 e. The maximum Gasteiger partial charge on any atom is 0.410 e. The Morgan fingerprint density at radius 1 is 1.41 bits per heavy atom. The van der Waals surface area contributed by atoms with Crippen LogP contribution in [0.3, 0.4) is 0 Å². The third kappa shape index (κ3) is 2.26. The summed E-state index contributed by atoms with van der Waals surface area (Å²) in [7, 11) is 0. The Hall–Kier alpha value is -0.810. The maximum absolute atomic E-state index is 12.0. The van der Waals surface area contributed by atoms with Crippen LogP contribution >= 0.6 is 0 Å². The fourth-order valence-corrected chi connectivity index (χ4v) is 2.81. The molecule has 0 aromatic carbocycles. The van der Waals surface area contributed by atoms with Gasteiger partial charge in [-0.25, -0.2) is 4.79 Å². The molecule has 2 N–H and O–H groups in total. The summed E-state index contributed by atoms with van der Waals surface area (Å²) in [6.45, 7) is 5.86. The SMILES string of the molecule is CC(C)(C)OC(=O)N1CC[C@@]2(O)CC[C@H](O)[C@@H]12. The summed E-state index contributed by atoms with van der Waals surface area (Å²) in [5.41, 5.74) is -1.47. The van der Waals surface area contributed by atoms with Gasteiger partial charge in [-0.1, -0.05) is 0 Å². The number of fused-ring (bicyclic) bond motifs is 1. The number of aliphatic hydroxyl groups is 2. The van der Waals surface area contributed by atoms with Crippen LogP contribution in [-0.4, -0.2) is 51.1 Å². The van der Waals surface area contributed by atoms with E-state index < -0.39 is 29.4 Å². The highest BCUT2D eigenvalue weighted by atomic mass is 16.6. The molecule has 1 saturated carbocycles. The van der Waals surface area contributed by atoms with Gasteiger partial charge in [0.05, 0.1) is 17.7 Å². The fraction of sp³-hybridized carbons (Fsp3) is 0.917. The van der Waals surface area contributed by atoms with Gasteiger partial charge in [0.1, 0.15) is 5.60 Å². The molecule has 2 rings (SSSR count). The lowest BCUT2D eigenvalue weighted by Crippen LogP contribution is -2.49. The first kappa shape index (κ1) is 12.6. The molecule has 0 bridgehead atoms. The van der Waals surface area contributed by atoms with Crippen LogP contribution in [0.15, 0.2) is 0 Å². The summed E-state index contributed by atoms with van der Waals surface area (Å²) in [6, 6.07) is -0.502. The molecule has 0 aromatic heterocycles. The van der Waals surface area contributed by atoms with Crippen molar-refractivity contribution >= 4 is 6.09 Å². The number of rotatable bonds is 0. The highest BCUT2D eigenvalue weighted by Gasteiger charge is 2.56. The Labute approximate surface area is 101 Å². The summed E-state index contributed by atoms with van der Waals surface area (Å²) in [4.78, 5) is 13.4. The second-order valence-electron chi connectivity index (χ2n) is 6.08. The first-order valence-corrected chi connectivity index (χ1v) is 6.13. The molecule has 5 nitrogen and oxygen atoms in total. The van der Waals surface area contributed by atoms with Crippen LogP contribution in [0.5, 0.6) is 0 Å². The predicted octanol–water partition coefficient (Wildman–Crippen LogP) is 0.882. The fourth-order valence-electron chi connectivity index (χ4n) is 2.81. The molecule has 17 heavy (non-hydrogen) atoms. The zero-order valence-electron chi connectivity index (χ0n) is 10.6. The highest BCUT2D eigenvalue weighted by Crippen LogP contribution is 2.42. The minimum atomic E-state index is -0.920. The van der Waals surface area contributed by atoms with E-state index in [-0.39, 0.29) is 0 Å². The summed E-state index contributed by atoms with van der Waals surface area (Å²) >= 11 is 0. The van der Waals surface area contributed by atoms with Crippen LogP contribution in [-0.2, 0) is 4.74 Å². The van der Waals surface area contributed by atoms with Crippen molar-refractivity contribution < 1.29 is 19.7 Å². The van der Waals surface area contributed by atoms with E-state index in [0.717, 1.165) is 0 Å². The quantitative estimate of drug-likeness (QED) is 0.662. The van der Waals surface area contributed by atoms with Crippen molar-refractivity contribution in [2.45, 2.75) is 63.4 Å². The molecule has 1 amide bonds. The average Bonchev–Trinajstić information content (AvgIpc) is 2.62. The minimum absolute atomic E-state index is 0.445. The van der Waals surface area contributed by atoms with Crippen molar-refractivity contribution in [2.75, 3.05) is 6.54 Å². The molecular weight excluding hydrogens is 222 g/mol. The van der Waals surface area contributed by atoms with Gasteiger partial charge in [0.25, 0.3) is 0 Å². The van der Waals surface area contributed by atoms with E-state index in [2.05, 4.69) is 0 Å². The van der Waals surface area contributed by atoms with Gasteiger partial charge in [-0.2, -0.15) is 0 Å². The van der Waals surface area contributed by atoms with E-state index in [1.165, 1.54) is 4.90 Å². The molecule has 0 radical (unpaired) electrons. The smallest absolute Gasteiger partial charge is 0.410 e. The van der Waals surface area contributed by atoms with Crippen LogP contribution in [0, 0.1) is 0 Å². The van der Waals surface area contributed by atoms with E-state index in [0.29, 0.717) is 25.8 Å². The number of aliphatic hydroxyl groups excluding tert-OH is 1. The van der Waals surface area contributed by atoms with E-state index >= 15 is 0 Å². The molecule has 3 atom stereocenters. The molecule has 1 aliphatic carbocycles. The lowest BCUT2D eigenvalue weighted by Gasteiger charge is -2.31. The van der Waals surface area contributed by atoms with Gasteiger partial charge in [-0.05, 0) is 40.0 Å². The number of carbonyl (C=O) groups excluding carboxylic acids is 1. The maximum atomic E-state index is 12.0. The van der Waals surface area contributed by atoms with Gasteiger partial charge in [0.15, 0.2) is 0 Å². The Bertz CT molecular complexity index is 325. The summed E-state index contributed by atoms with van der Waals surface area (Å²) in [5, 5.41) is 20.2. The van der Waals surface area contributed by atoms with Crippen LogP contribution in [0.4, 0.5) is 4.79 Å². The van der Waals surface area contributed by atoms with Gasteiger partial charge < -0.3 is 14.9 Å². The zero-order valence-corrected chi connectivity index (χ0v) is 10.6. The number of hydrogen-bond acceptors (Lipinski definition) is 4. The Morgan fingerprint density at radius 2 is 2.06 bits per heavy atom. The molecule has 1 aliphatic heterocycles. The Balaban J connectivity index is 2.10. The van der Waals surface area contributed by atoms with Crippen LogP contribution in [0.2, 0.25) is 0 Å². The molecule has 1 heterocycles. The van der Waals surface area contributed by atoms with Gasteiger partial charge in [0.2, 0.25) is 0 Å². The number of carbonyl (C=O) groups is 1. The lowest BCUT2D eigenvalue weighted by atomic mass is 9.98. The lowest BCUT2D eigenvalue weighted by molar-refractivity contribution is -0.0251. The molecule has 0 unspecified atom stereocenters. The standard InChI is InChI=1S/C12H21NO4/c1-11(2,3)17-10(15)13-7-6-12(16)5-4-8(14)9(12)13/h8-9,14,16H,4-7H2,1-3H3/t8-,9+,12-/m0/s1. The zero-order chi connectivity index (χ0) is 12.8. The van der Waals surface area contributed by atoms with Crippen molar-refractivity contribution in [1.29, 1.82) is 0 Å². The van der Waals surface area contributed by atoms with Gasteiger partial charge in [-0.3, -0.25) is 4.90 Å². The molecule has 2 fully saturated rings. The van der Waals surface area contributed by atoms with E-state index in [1.807, 2.05) is 0 Å². The molecular formula is C12H21NO4. The van der Waals surface area contributed by atoms with E-state index in [1.54, 1.807) is 20.8 Å². The summed E-state index contributed by atoms with van der Waals surface area (Å²) < 4.78 is 5.29. The molecule has 0 spiro atoms. The van der Waals surface area contributed by atoms with Crippen molar-refractivity contribution in [2.24, 2.45) is 0 Å². The van der Waals surface area contributed by atoms with E-state index in [9.17, 15) is 15.0 Å². The first-order valence-electron chi connectivity index (χ1n) is 6.13. The van der Waals surface area contributed by atoms with Crippen LogP contribution < -0.4 is 0 Å². The number of likely N-dealkylation sites (tertiary alicyclic amines) is 1. The monoisotopic (exact) mass is 243 g/mol. The van der Waals surface area contributed by atoms with Crippen molar-refractivity contribution in [3.05, 3.63) is 0 Å². The van der Waals surface area contributed by atoms with Crippen molar-refractivity contribution in [3.8, 4) is 0 Å². The van der Waals surface area contributed by atoms with Crippen LogP contribution in [0.25, 0.3) is 0 Å². The molecule has 5 heteroatoms. The van der Waals surface area contributed by atoms with Crippen molar-refractivity contribution in [1.82, 2.24) is 4.90 Å². The number of nitrogens with zero attached hydrogens (tertiary/aromatic N) is 1. The third-order valence-corrected chi connectivity index (χ3v) is 3.54. The predicted molar refractivity (Wildman–Crippen MR) is 61.5 cm³/mol. The van der Waals surface area contributed by atoms with E-state index in [4.69, 9.17) is 4.74 Å². The summed E-state index contributed by atoms with van der Waals surface area (Å²) in [6.07, 6.45) is 0.529. The number of amides is 1. The average molecular weight is 243 g/mol. The van der Waals surface area contributed by atoms with Crippen molar-refractivity contribution in [3.63, 3.8) is 0 Å². The number of hydrogen-bond donors (Lipinski definition) is 2. The van der Waals surface area contributed by atoms with Gasteiger partial charge in [0, 0.05) is 6.54 Å². The second kappa shape index (κ2) is 3.85. The first-order chi connectivity index (χ1) is 7.73. The summed E-state index contributed by atoms with van der Waals surface area (Å²) in [5.74, 6) is 0.